The molecule has 1 aliphatic heterocycles. The molecule has 2 heteroatoms. The average Bonchev–Trinajstić information content (AvgIpc) is 2.30. The lowest BCUT2D eigenvalue weighted by molar-refractivity contribution is 0.476. The zero-order valence-corrected chi connectivity index (χ0v) is 8.18. The summed E-state index contributed by atoms with van der Waals surface area (Å²) in [6, 6.07) is 15.8. The Hall–Kier alpha value is -1.96. The van der Waals surface area contributed by atoms with Crippen molar-refractivity contribution in [1.29, 1.82) is 0 Å². The van der Waals surface area contributed by atoms with Gasteiger partial charge in [-0.1, -0.05) is 24.3 Å². The molecule has 0 atom stereocenters. The summed E-state index contributed by atoms with van der Waals surface area (Å²) >= 11 is 0. The number of rotatable bonds is 0. The molecular weight excluding hydrogens is 186 g/mol. The molecule has 1 heterocycles. The van der Waals surface area contributed by atoms with Gasteiger partial charge in [-0.3, -0.25) is 0 Å². The van der Waals surface area contributed by atoms with Crippen molar-refractivity contribution in [3.8, 4) is 11.5 Å². The van der Waals surface area contributed by atoms with Gasteiger partial charge in [-0.15, -0.1) is 0 Å². The van der Waals surface area contributed by atoms with E-state index in [0.717, 1.165) is 22.9 Å². The third-order valence-electron chi connectivity index (χ3n) is 2.53. The summed E-state index contributed by atoms with van der Waals surface area (Å²) < 4.78 is 5.77. The fourth-order valence-electron chi connectivity index (χ4n) is 1.78. The van der Waals surface area contributed by atoms with E-state index in [0.29, 0.717) is 0 Å². The highest BCUT2D eigenvalue weighted by Crippen LogP contribution is 2.45. The Morgan fingerprint density at radius 3 is 1.80 bits per heavy atom. The first-order valence-corrected chi connectivity index (χ1v) is 4.83. The van der Waals surface area contributed by atoms with Crippen LogP contribution in [-0.4, -0.2) is 0 Å². The standard InChI is InChI=1S/C13H10NO/c1-14-10-6-2-4-8-12(10)15-13-9-5-3-7-11(13)14/h2-9H,1H2. The quantitative estimate of drug-likeness (QED) is 0.636. The topological polar surface area (TPSA) is 12.5 Å². The largest absolute Gasteiger partial charge is 0.453 e. The van der Waals surface area contributed by atoms with Crippen molar-refractivity contribution < 1.29 is 4.74 Å². The number of hydrogen-bond donors (Lipinski definition) is 0. The number of hydrogen-bond acceptors (Lipinski definition) is 2. The van der Waals surface area contributed by atoms with Crippen LogP contribution in [0.3, 0.4) is 0 Å². The second-order valence-corrected chi connectivity index (χ2v) is 3.47. The van der Waals surface area contributed by atoms with Crippen LogP contribution < -0.4 is 9.64 Å². The summed E-state index contributed by atoms with van der Waals surface area (Å²) in [4.78, 5) is 1.90. The van der Waals surface area contributed by atoms with Gasteiger partial charge in [-0.2, -0.15) is 0 Å². The Bertz CT molecular complexity index is 462. The molecule has 0 N–H and O–H groups in total. The maximum Gasteiger partial charge on any atom is 0.151 e. The summed E-state index contributed by atoms with van der Waals surface area (Å²) in [6.45, 7) is 0. The van der Waals surface area contributed by atoms with Crippen molar-refractivity contribution in [3.63, 3.8) is 0 Å². The van der Waals surface area contributed by atoms with Crippen molar-refractivity contribution in [2.75, 3.05) is 4.90 Å². The normalized spacial score (nSPS) is 12.7. The lowest BCUT2D eigenvalue weighted by Crippen LogP contribution is -2.12. The van der Waals surface area contributed by atoms with E-state index in [2.05, 4.69) is 7.05 Å². The number of nitrogens with zero attached hydrogens (tertiary/aromatic N) is 1. The predicted octanol–water partition coefficient (Wildman–Crippen LogP) is 3.72. The molecule has 73 valence electrons. The van der Waals surface area contributed by atoms with Gasteiger partial charge >= 0.3 is 0 Å². The molecule has 0 fully saturated rings. The summed E-state index contributed by atoms with van der Waals surface area (Å²) in [5.74, 6) is 1.71. The van der Waals surface area contributed by atoms with Crippen LogP contribution in [0.5, 0.6) is 11.5 Å². The highest BCUT2D eigenvalue weighted by Gasteiger charge is 2.19. The van der Waals surface area contributed by atoms with E-state index in [1.165, 1.54) is 0 Å². The molecule has 1 radical (unpaired) electrons. The van der Waals surface area contributed by atoms with Gasteiger partial charge in [0.15, 0.2) is 11.5 Å². The van der Waals surface area contributed by atoms with Gasteiger partial charge in [0.05, 0.1) is 11.4 Å². The van der Waals surface area contributed by atoms with Gasteiger partial charge in [-0.25, -0.2) is 0 Å². The fraction of sp³-hybridized carbons (Fsp3) is 0. The summed E-state index contributed by atoms with van der Waals surface area (Å²) in [6.07, 6.45) is 0. The summed E-state index contributed by atoms with van der Waals surface area (Å²) in [7, 11) is 4.03. The van der Waals surface area contributed by atoms with Crippen LogP contribution in [0.15, 0.2) is 48.5 Å². The van der Waals surface area contributed by atoms with E-state index in [4.69, 9.17) is 4.74 Å². The molecule has 15 heavy (non-hydrogen) atoms. The van der Waals surface area contributed by atoms with Crippen molar-refractivity contribution in [3.05, 3.63) is 55.6 Å². The molecule has 2 aromatic rings. The minimum Gasteiger partial charge on any atom is -0.453 e. The SMILES string of the molecule is [CH2]N1c2ccccc2Oc2ccccc21. The molecular formula is C13H10NO. The lowest BCUT2D eigenvalue weighted by Gasteiger charge is -2.28. The zero-order chi connectivity index (χ0) is 10.3. The van der Waals surface area contributed by atoms with E-state index < -0.39 is 0 Å². The van der Waals surface area contributed by atoms with Crippen LogP contribution in [0.25, 0.3) is 0 Å². The monoisotopic (exact) mass is 196 g/mol. The Labute approximate surface area is 88.7 Å². The van der Waals surface area contributed by atoms with Crippen molar-refractivity contribution in [2.24, 2.45) is 0 Å². The van der Waals surface area contributed by atoms with Crippen LogP contribution in [0.1, 0.15) is 0 Å². The van der Waals surface area contributed by atoms with Crippen LogP contribution in [0.2, 0.25) is 0 Å². The smallest absolute Gasteiger partial charge is 0.151 e. The van der Waals surface area contributed by atoms with Gasteiger partial charge in [0.1, 0.15) is 0 Å². The molecule has 0 aromatic heterocycles. The zero-order valence-electron chi connectivity index (χ0n) is 8.18. The fourth-order valence-corrected chi connectivity index (χ4v) is 1.78. The van der Waals surface area contributed by atoms with E-state index in [9.17, 15) is 0 Å². The molecule has 0 amide bonds. The van der Waals surface area contributed by atoms with Crippen molar-refractivity contribution in [2.45, 2.75) is 0 Å². The van der Waals surface area contributed by atoms with Crippen LogP contribution in [0.4, 0.5) is 11.4 Å². The molecule has 0 saturated heterocycles. The second kappa shape index (κ2) is 3.02. The minimum atomic E-state index is 0.853. The molecule has 0 spiro atoms. The highest BCUT2D eigenvalue weighted by molar-refractivity contribution is 5.77. The molecule has 2 nitrogen and oxygen atoms in total. The Kier molecular flexibility index (Phi) is 1.68. The number of benzene rings is 2. The Morgan fingerprint density at radius 2 is 1.27 bits per heavy atom. The molecule has 0 bridgehead atoms. The minimum absolute atomic E-state index is 0.853. The van der Waals surface area contributed by atoms with E-state index in [1.807, 2.05) is 53.4 Å². The average molecular weight is 196 g/mol. The first-order chi connectivity index (χ1) is 7.36. The molecule has 0 aliphatic carbocycles. The van der Waals surface area contributed by atoms with E-state index in [-0.39, 0.29) is 0 Å². The van der Waals surface area contributed by atoms with Gasteiger partial charge in [-0.05, 0) is 24.3 Å². The van der Waals surface area contributed by atoms with Crippen LogP contribution in [-0.2, 0) is 0 Å². The highest BCUT2D eigenvalue weighted by atomic mass is 16.5. The number of fused-ring (bicyclic) bond motifs is 2. The van der Waals surface area contributed by atoms with E-state index in [1.54, 1.807) is 0 Å². The molecule has 2 aromatic carbocycles. The van der Waals surface area contributed by atoms with Gasteiger partial charge in [0.25, 0.3) is 0 Å². The van der Waals surface area contributed by atoms with Crippen LogP contribution >= 0.6 is 0 Å². The molecule has 1 aliphatic rings. The lowest BCUT2D eigenvalue weighted by atomic mass is 10.2. The maximum absolute atomic E-state index is 5.77. The van der Waals surface area contributed by atoms with Crippen molar-refractivity contribution in [1.82, 2.24) is 0 Å². The number of ether oxygens (including phenoxy) is 1. The van der Waals surface area contributed by atoms with Gasteiger partial charge in [0.2, 0.25) is 0 Å². The first kappa shape index (κ1) is 8.36. The number of anilines is 2. The van der Waals surface area contributed by atoms with Gasteiger partial charge < -0.3 is 9.64 Å². The maximum atomic E-state index is 5.77. The number of para-hydroxylation sites is 4. The third-order valence-corrected chi connectivity index (χ3v) is 2.53. The molecule has 0 unspecified atom stereocenters. The second-order valence-electron chi connectivity index (χ2n) is 3.47. The predicted molar refractivity (Wildman–Crippen MR) is 60.5 cm³/mol. The van der Waals surface area contributed by atoms with Crippen molar-refractivity contribution >= 4 is 11.4 Å². The summed E-state index contributed by atoms with van der Waals surface area (Å²) in [5, 5.41) is 0. The van der Waals surface area contributed by atoms with Crippen LogP contribution in [0, 0.1) is 7.05 Å². The Morgan fingerprint density at radius 1 is 0.800 bits per heavy atom. The Balaban J connectivity index is 2.20. The first-order valence-electron chi connectivity index (χ1n) is 4.83. The molecule has 0 saturated carbocycles. The third kappa shape index (κ3) is 1.18. The van der Waals surface area contributed by atoms with Gasteiger partial charge in [0, 0.05) is 7.05 Å². The van der Waals surface area contributed by atoms with E-state index >= 15 is 0 Å². The summed E-state index contributed by atoms with van der Waals surface area (Å²) in [5.41, 5.74) is 1.99. The molecule has 3 rings (SSSR count).